The SMILES string of the molecule is CC(C)Sc1nc2sc3c(c2c(=O)[nH]1)CCCC3. The number of H-pyrrole nitrogens is 1. The van der Waals surface area contributed by atoms with Crippen molar-refractivity contribution in [2.75, 3.05) is 0 Å². The monoisotopic (exact) mass is 280 g/mol. The van der Waals surface area contributed by atoms with Gasteiger partial charge in [0.15, 0.2) is 5.16 Å². The molecule has 0 atom stereocenters. The molecule has 18 heavy (non-hydrogen) atoms. The lowest BCUT2D eigenvalue weighted by atomic mass is 9.97. The lowest BCUT2D eigenvalue weighted by Gasteiger charge is -2.09. The molecule has 2 heterocycles. The average molecular weight is 280 g/mol. The van der Waals surface area contributed by atoms with Gasteiger partial charge in [-0.05, 0) is 31.2 Å². The van der Waals surface area contributed by atoms with Crippen LogP contribution >= 0.6 is 23.1 Å². The fraction of sp³-hybridized carbons (Fsp3) is 0.538. The second kappa shape index (κ2) is 4.70. The van der Waals surface area contributed by atoms with Gasteiger partial charge in [0.05, 0.1) is 5.39 Å². The van der Waals surface area contributed by atoms with Crippen LogP contribution in [0.15, 0.2) is 9.95 Å². The minimum absolute atomic E-state index is 0.0440. The van der Waals surface area contributed by atoms with Crippen molar-refractivity contribution in [3.63, 3.8) is 0 Å². The van der Waals surface area contributed by atoms with Crippen molar-refractivity contribution < 1.29 is 0 Å². The van der Waals surface area contributed by atoms with Crippen molar-refractivity contribution in [3.8, 4) is 0 Å². The zero-order chi connectivity index (χ0) is 12.7. The maximum absolute atomic E-state index is 12.2. The lowest BCUT2D eigenvalue weighted by Crippen LogP contribution is -2.11. The third-order valence-electron chi connectivity index (χ3n) is 3.15. The molecule has 2 aromatic rings. The Kier molecular flexibility index (Phi) is 3.20. The summed E-state index contributed by atoms with van der Waals surface area (Å²) < 4.78 is 0. The van der Waals surface area contributed by atoms with Gasteiger partial charge in [-0.15, -0.1) is 11.3 Å². The van der Waals surface area contributed by atoms with Gasteiger partial charge in [0.25, 0.3) is 5.56 Å². The van der Waals surface area contributed by atoms with Gasteiger partial charge < -0.3 is 4.98 Å². The number of aromatic amines is 1. The Morgan fingerprint density at radius 1 is 1.33 bits per heavy atom. The molecule has 0 saturated carbocycles. The molecule has 1 aliphatic rings. The van der Waals surface area contributed by atoms with Crippen LogP contribution in [0.25, 0.3) is 10.2 Å². The van der Waals surface area contributed by atoms with Crippen LogP contribution in [-0.2, 0) is 12.8 Å². The molecule has 96 valence electrons. The van der Waals surface area contributed by atoms with Crippen molar-refractivity contribution in [1.29, 1.82) is 0 Å². The highest BCUT2D eigenvalue weighted by Gasteiger charge is 2.19. The largest absolute Gasteiger partial charge is 0.301 e. The number of nitrogens with one attached hydrogen (secondary N) is 1. The Morgan fingerprint density at radius 2 is 2.11 bits per heavy atom. The van der Waals surface area contributed by atoms with Crippen LogP contribution in [0.2, 0.25) is 0 Å². The summed E-state index contributed by atoms with van der Waals surface area (Å²) in [5.74, 6) is 0. The van der Waals surface area contributed by atoms with Crippen LogP contribution in [0, 0.1) is 0 Å². The highest BCUT2D eigenvalue weighted by atomic mass is 32.2. The van der Waals surface area contributed by atoms with E-state index in [4.69, 9.17) is 0 Å². The molecule has 0 unspecified atom stereocenters. The first-order valence-electron chi connectivity index (χ1n) is 6.36. The number of fused-ring (bicyclic) bond motifs is 3. The topological polar surface area (TPSA) is 45.8 Å². The van der Waals surface area contributed by atoms with Gasteiger partial charge in [-0.3, -0.25) is 4.79 Å². The van der Waals surface area contributed by atoms with E-state index in [1.54, 1.807) is 23.1 Å². The summed E-state index contributed by atoms with van der Waals surface area (Å²) in [5, 5.41) is 2.03. The summed E-state index contributed by atoms with van der Waals surface area (Å²) in [4.78, 5) is 22.0. The zero-order valence-electron chi connectivity index (χ0n) is 10.6. The van der Waals surface area contributed by atoms with Crippen molar-refractivity contribution in [3.05, 3.63) is 20.8 Å². The van der Waals surface area contributed by atoms with Gasteiger partial charge in [0.1, 0.15) is 4.83 Å². The molecule has 2 aromatic heterocycles. The van der Waals surface area contributed by atoms with Crippen LogP contribution in [0.5, 0.6) is 0 Å². The number of thiophene rings is 1. The predicted octanol–water partition coefficient (Wildman–Crippen LogP) is 3.36. The molecule has 5 heteroatoms. The van der Waals surface area contributed by atoms with E-state index in [0.717, 1.165) is 28.2 Å². The standard InChI is InChI=1S/C13H16N2OS2/c1-7(2)17-13-14-11(16)10-8-5-3-4-6-9(8)18-12(10)15-13/h7H,3-6H2,1-2H3,(H,14,15,16). The zero-order valence-corrected chi connectivity index (χ0v) is 12.2. The first-order chi connectivity index (χ1) is 8.65. The average Bonchev–Trinajstić information content (AvgIpc) is 2.66. The highest BCUT2D eigenvalue weighted by Crippen LogP contribution is 2.34. The minimum atomic E-state index is 0.0440. The number of aromatic nitrogens is 2. The molecule has 0 amide bonds. The van der Waals surface area contributed by atoms with E-state index in [0.29, 0.717) is 5.25 Å². The number of hydrogen-bond donors (Lipinski definition) is 1. The van der Waals surface area contributed by atoms with Crippen molar-refractivity contribution in [1.82, 2.24) is 9.97 Å². The second-order valence-electron chi connectivity index (χ2n) is 4.93. The Bertz CT molecular complexity index is 642. The van der Waals surface area contributed by atoms with E-state index < -0.39 is 0 Å². The van der Waals surface area contributed by atoms with Gasteiger partial charge >= 0.3 is 0 Å². The van der Waals surface area contributed by atoms with E-state index in [1.165, 1.54) is 23.3 Å². The summed E-state index contributed by atoms with van der Waals surface area (Å²) >= 11 is 3.32. The molecule has 3 nitrogen and oxygen atoms in total. The van der Waals surface area contributed by atoms with Crippen LogP contribution in [-0.4, -0.2) is 15.2 Å². The second-order valence-corrected chi connectivity index (χ2v) is 7.58. The Labute approximate surface area is 114 Å². The van der Waals surface area contributed by atoms with Crippen LogP contribution in [0.1, 0.15) is 37.1 Å². The van der Waals surface area contributed by atoms with Gasteiger partial charge in [-0.25, -0.2) is 4.98 Å². The normalized spacial score (nSPS) is 15.3. The van der Waals surface area contributed by atoms with Gasteiger partial charge in [0.2, 0.25) is 0 Å². The number of thioether (sulfide) groups is 1. The van der Waals surface area contributed by atoms with E-state index in [2.05, 4.69) is 23.8 Å². The Hall–Kier alpha value is -0.810. The molecular formula is C13H16N2OS2. The summed E-state index contributed by atoms with van der Waals surface area (Å²) in [7, 11) is 0. The fourth-order valence-electron chi connectivity index (χ4n) is 2.42. The van der Waals surface area contributed by atoms with Gasteiger partial charge in [-0.2, -0.15) is 0 Å². The van der Waals surface area contributed by atoms with Crippen molar-refractivity contribution in [2.24, 2.45) is 0 Å². The van der Waals surface area contributed by atoms with Crippen LogP contribution in [0.4, 0.5) is 0 Å². The maximum Gasteiger partial charge on any atom is 0.260 e. The third kappa shape index (κ3) is 2.10. The molecule has 0 spiro atoms. The van der Waals surface area contributed by atoms with E-state index in [9.17, 15) is 4.79 Å². The molecule has 3 rings (SSSR count). The molecule has 1 aliphatic carbocycles. The fourth-order valence-corrected chi connectivity index (χ4v) is 4.49. The van der Waals surface area contributed by atoms with E-state index in [-0.39, 0.29) is 5.56 Å². The van der Waals surface area contributed by atoms with Crippen LogP contribution in [0.3, 0.4) is 0 Å². The van der Waals surface area contributed by atoms with Crippen LogP contribution < -0.4 is 5.56 Å². The number of hydrogen-bond acceptors (Lipinski definition) is 4. The summed E-state index contributed by atoms with van der Waals surface area (Å²) in [6.45, 7) is 4.21. The lowest BCUT2D eigenvalue weighted by molar-refractivity contribution is 0.700. The summed E-state index contributed by atoms with van der Waals surface area (Å²) in [6, 6.07) is 0. The van der Waals surface area contributed by atoms with Crippen molar-refractivity contribution in [2.45, 2.75) is 49.9 Å². The number of aryl methyl sites for hydroxylation is 2. The van der Waals surface area contributed by atoms with E-state index in [1.807, 2.05) is 0 Å². The Morgan fingerprint density at radius 3 is 2.89 bits per heavy atom. The molecule has 0 fully saturated rings. The summed E-state index contributed by atoms with van der Waals surface area (Å²) in [6.07, 6.45) is 4.59. The maximum atomic E-state index is 12.2. The molecule has 0 aromatic carbocycles. The summed E-state index contributed by atoms with van der Waals surface area (Å²) in [5.41, 5.74) is 1.30. The Balaban J connectivity index is 2.17. The smallest absolute Gasteiger partial charge is 0.260 e. The molecule has 0 bridgehead atoms. The third-order valence-corrected chi connectivity index (χ3v) is 5.22. The number of rotatable bonds is 2. The molecule has 0 radical (unpaired) electrons. The molecule has 1 N–H and O–H groups in total. The highest BCUT2D eigenvalue weighted by molar-refractivity contribution is 7.99. The van der Waals surface area contributed by atoms with Gasteiger partial charge in [-0.1, -0.05) is 25.6 Å². The predicted molar refractivity (Wildman–Crippen MR) is 77.9 cm³/mol. The quantitative estimate of drug-likeness (QED) is 0.677. The van der Waals surface area contributed by atoms with Crippen molar-refractivity contribution >= 4 is 33.3 Å². The first kappa shape index (κ1) is 12.2. The van der Waals surface area contributed by atoms with Gasteiger partial charge in [0, 0.05) is 10.1 Å². The number of nitrogens with zero attached hydrogens (tertiary/aromatic N) is 1. The first-order valence-corrected chi connectivity index (χ1v) is 8.06. The molecule has 0 saturated heterocycles. The molecule has 0 aliphatic heterocycles. The minimum Gasteiger partial charge on any atom is -0.301 e. The van der Waals surface area contributed by atoms with E-state index >= 15 is 0 Å². The molecular weight excluding hydrogens is 264 g/mol.